The second kappa shape index (κ2) is 9.12. The summed E-state index contributed by atoms with van der Waals surface area (Å²) in [7, 11) is 0. The number of amides is 2. The van der Waals surface area contributed by atoms with Gasteiger partial charge in [0, 0.05) is 50.4 Å². The lowest BCUT2D eigenvalue weighted by atomic mass is 10.1. The molecule has 1 heterocycles. The van der Waals surface area contributed by atoms with Crippen LogP contribution in [0.3, 0.4) is 0 Å². The summed E-state index contributed by atoms with van der Waals surface area (Å²) in [4.78, 5) is 38.2. The molecular formula is C17H24N4O4. The highest BCUT2D eigenvalue weighted by Gasteiger charge is 2.23. The number of nitro benzene ring substituents is 1. The normalized spacial score (nSPS) is 15.0. The number of carbonyl (C=O) groups is 2. The van der Waals surface area contributed by atoms with Crippen molar-refractivity contribution in [1.29, 1.82) is 0 Å². The van der Waals surface area contributed by atoms with Crippen molar-refractivity contribution in [3.8, 4) is 0 Å². The molecule has 136 valence electrons. The van der Waals surface area contributed by atoms with Gasteiger partial charge in [-0.1, -0.05) is 13.3 Å². The van der Waals surface area contributed by atoms with Crippen LogP contribution in [0.15, 0.2) is 24.3 Å². The van der Waals surface area contributed by atoms with Crippen LogP contribution < -0.4 is 5.32 Å². The molecule has 1 aliphatic rings. The lowest BCUT2D eigenvalue weighted by molar-refractivity contribution is -0.384. The predicted molar refractivity (Wildman–Crippen MR) is 93.4 cm³/mol. The van der Waals surface area contributed by atoms with E-state index < -0.39 is 4.92 Å². The van der Waals surface area contributed by atoms with Gasteiger partial charge in [0.05, 0.1) is 11.5 Å². The van der Waals surface area contributed by atoms with Crippen LogP contribution in [0.4, 0.5) is 5.69 Å². The van der Waals surface area contributed by atoms with Gasteiger partial charge >= 0.3 is 0 Å². The zero-order valence-corrected chi connectivity index (χ0v) is 14.4. The Balaban J connectivity index is 1.80. The van der Waals surface area contributed by atoms with Crippen LogP contribution in [0.2, 0.25) is 0 Å². The van der Waals surface area contributed by atoms with Crippen molar-refractivity contribution in [2.24, 2.45) is 0 Å². The van der Waals surface area contributed by atoms with Gasteiger partial charge in [0.25, 0.3) is 11.6 Å². The monoisotopic (exact) mass is 348 g/mol. The van der Waals surface area contributed by atoms with Gasteiger partial charge in [0.1, 0.15) is 0 Å². The largest absolute Gasteiger partial charge is 0.355 e. The molecule has 0 aliphatic carbocycles. The van der Waals surface area contributed by atoms with Crippen LogP contribution >= 0.6 is 0 Å². The molecule has 0 atom stereocenters. The van der Waals surface area contributed by atoms with E-state index in [2.05, 4.69) is 12.2 Å². The first-order valence-electron chi connectivity index (χ1n) is 8.54. The molecule has 1 N–H and O–H groups in total. The number of hydrogen-bond donors (Lipinski definition) is 1. The number of carbonyl (C=O) groups excluding carboxylic acids is 2. The van der Waals surface area contributed by atoms with Crippen molar-refractivity contribution in [3.63, 3.8) is 0 Å². The second-order valence-corrected chi connectivity index (χ2v) is 6.08. The van der Waals surface area contributed by atoms with Gasteiger partial charge in [-0.05, 0) is 18.6 Å². The molecule has 8 nitrogen and oxygen atoms in total. The quantitative estimate of drug-likeness (QED) is 0.455. The number of rotatable bonds is 7. The Morgan fingerprint density at radius 3 is 2.36 bits per heavy atom. The number of nitro groups is 1. The molecule has 0 aromatic heterocycles. The SMILES string of the molecule is CCCCNC(=O)CN1CCN(C(=O)c2ccc([N+](=O)[O-])cc2)CC1. The summed E-state index contributed by atoms with van der Waals surface area (Å²) in [6.45, 7) is 5.49. The van der Waals surface area contributed by atoms with Crippen molar-refractivity contribution >= 4 is 17.5 Å². The van der Waals surface area contributed by atoms with Gasteiger partial charge < -0.3 is 10.2 Å². The summed E-state index contributed by atoms with van der Waals surface area (Å²) >= 11 is 0. The van der Waals surface area contributed by atoms with Gasteiger partial charge in [-0.3, -0.25) is 24.6 Å². The van der Waals surface area contributed by atoms with Crippen LogP contribution in [0.25, 0.3) is 0 Å². The first kappa shape index (κ1) is 18.9. The molecule has 0 bridgehead atoms. The lowest BCUT2D eigenvalue weighted by Gasteiger charge is -2.34. The van der Waals surface area contributed by atoms with Crippen molar-refractivity contribution < 1.29 is 14.5 Å². The van der Waals surface area contributed by atoms with Crippen molar-refractivity contribution in [1.82, 2.24) is 15.1 Å². The summed E-state index contributed by atoms with van der Waals surface area (Å²) in [5, 5.41) is 13.6. The van der Waals surface area contributed by atoms with E-state index in [0.29, 0.717) is 44.8 Å². The van der Waals surface area contributed by atoms with E-state index in [1.165, 1.54) is 24.3 Å². The molecule has 1 saturated heterocycles. The van der Waals surface area contributed by atoms with Crippen LogP contribution in [-0.4, -0.2) is 65.8 Å². The molecular weight excluding hydrogens is 324 g/mol. The van der Waals surface area contributed by atoms with E-state index in [1.54, 1.807) is 4.90 Å². The number of hydrogen-bond acceptors (Lipinski definition) is 5. The predicted octanol–water partition coefficient (Wildman–Crippen LogP) is 1.27. The Labute approximate surface area is 146 Å². The zero-order chi connectivity index (χ0) is 18.2. The molecule has 0 unspecified atom stereocenters. The molecule has 8 heteroatoms. The molecule has 1 aromatic rings. The third-order valence-electron chi connectivity index (χ3n) is 4.20. The summed E-state index contributed by atoms with van der Waals surface area (Å²) < 4.78 is 0. The van der Waals surface area contributed by atoms with E-state index in [-0.39, 0.29) is 17.5 Å². The highest BCUT2D eigenvalue weighted by molar-refractivity contribution is 5.94. The second-order valence-electron chi connectivity index (χ2n) is 6.08. The smallest absolute Gasteiger partial charge is 0.269 e. The minimum absolute atomic E-state index is 0.0172. The van der Waals surface area contributed by atoms with Gasteiger partial charge in [0.15, 0.2) is 0 Å². The Kier molecular flexibility index (Phi) is 6.88. The average molecular weight is 348 g/mol. The standard InChI is InChI=1S/C17H24N4O4/c1-2-3-8-18-16(22)13-19-9-11-20(12-10-19)17(23)14-4-6-15(7-5-14)21(24)25/h4-7H,2-3,8-13H2,1H3,(H,18,22). The van der Waals surface area contributed by atoms with Crippen LogP contribution in [0, 0.1) is 10.1 Å². The van der Waals surface area contributed by atoms with E-state index >= 15 is 0 Å². The third-order valence-corrected chi connectivity index (χ3v) is 4.20. The van der Waals surface area contributed by atoms with Crippen LogP contribution in [0.5, 0.6) is 0 Å². The summed E-state index contributed by atoms with van der Waals surface area (Å²) in [5.74, 6) is -0.120. The Hall–Kier alpha value is -2.48. The van der Waals surface area contributed by atoms with Crippen LogP contribution in [-0.2, 0) is 4.79 Å². The number of nitrogens with one attached hydrogen (secondary N) is 1. The van der Waals surface area contributed by atoms with E-state index in [4.69, 9.17) is 0 Å². The van der Waals surface area contributed by atoms with Crippen LogP contribution in [0.1, 0.15) is 30.1 Å². The van der Waals surface area contributed by atoms with Crippen molar-refractivity contribution in [3.05, 3.63) is 39.9 Å². The number of non-ortho nitro benzene ring substituents is 1. The van der Waals surface area contributed by atoms with Gasteiger partial charge in [-0.25, -0.2) is 0 Å². The highest BCUT2D eigenvalue weighted by Crippen LogP contribution is 2.14. The highest BCUT2D eigenvalue weighted by atomic mass is 16.6. The maximum Gasteiger partial charge on any atom is 0.269 e. The Morgan fingerprint density at radius 1 is 1.16 bits per heavy atom. The van der Waals surface area contributed by atoms with E-state index in [0.717, 1.165) is 12.8 Å². The van der Waals surface area contributed by atoms with E-state index in [1.807, 2.05) is 4.90 Å². The molecule has 1 fully saturated rings. The molecule has 25 heavy (non-hydrogen) atoms. The first-order chi connectivity index (χ1) is 12.0. The molecule has 0 saturated carbocycles. The number of unbranched alkanes of at least 4 members (excludes halogenated alkanes) is 1. The van der Waals surface area contributed by atoms with E-state index in [9.17, 15) is 19.7 Å². The van der Waals surface area contributed by atoms with Gasteiger partial charge in [0.2, 0.25) is 5.91 Å². The maximum absolute atomic E-state index is 12.4. The molecule has 1 aliphatic heterocycles. The van der Waals surface area contributed by atoms with Gasteiger partial charge in [-0.2, -0.15) is 0 Å². The Morgan fingerprint density at radius 2 is 1.80 bits per heavy atom. The molecule has 0 spiro atoms. The molecule has 0 radical (unpaired) electrons. The third kappa shape index (κ3) is 5.53. The number of nitrogens with zero attached hydrogens (tertiary/aromatic N) is 3. The molecule has 2 rings (SSSR count). The topological polar surface area (TPSA) is 95.8 Å². The number of piperazine rings is 1. The fourth-order valence-corrected chi connectivity index (χ4v) is 2.68. The fourth-order valence-electron chi connectivity index (χ4n) is 2.68. The zero-order valence-electron chi connectivity index (χ0n) is 14.4. The minimum atomic E-state index is -0.488. The molecule has 1 aromatic carbocycles. The fraction of sp³-hybridized carbons (Fsp3) is 0.529. The Bertz CT molecular complexity index is 610. The lowest BCUT2D eigenvalue weighted by Crippen LogP contribution is -2.51. The molecule has 2 amide bonds. The number of benzene rings is 1. The van der Waals surface area contributed by atoms with Crippen molar-refractivity contribution in [2.45, 2.75) is 19.8 Å². The summed E-state index contributed by atoms with van der Waals surface area (Å²) in [6, 6.07) is 5.64. The first-order valence-corrected chi connectivity index (χ1v) is 8.54. The minimum Gasteiger partial charge on any atom is -0.355 e. The average Bonchev–Trinajstić information content (AvgIpc) is 2.62. The summed E-state index contributed by atoms with van der Waals surface area (Å²) in [6.07, 6.45) is 2.02. The van der Waals surface area contributed by atoms with Crippen molar-refractivity contribution in [2.75, 3.05) is 39.3 Å². The summed E-state index contributed by atoms with van der Waals surface area (Å²) in [5.41, 5.74) is 0.409. The maximum atomic E-state index is 12.4. The van der Waals surface area contributed by atoms with Gasteiger partial charge in [-0.15, -0.1) is 0 Å².